The number of methoxy groups -OCH3 is 1. The fourth-order valence-corrected chi connectivity index (χ4v) is 4.40. The van der Waals surface area contributed by atoms with Crippen molar-refractivity contribution in [2.75, 3.05) is 7.11 Å². The SMILES string of the molecule is C=CCC(F)Oc1cc(-c2cnc3cc(C(C)(C)O)ncn23)cc(OC)c1C(=O)CCC(C)C1CC1. The molecule has 1 N–H and O–H groups in total. The van der Waals surface area contributed by atoms with Gasteiger partial charge in [0.1, 0.15) is 34.6 Å². The van der Waals surface area contributed by atoms with E-state index in [1.165, 1.54) is 26.0 Å². The molecule has 0 amide bonds. The van der Waals surface area contributed by atoms with E-state index < -0.39 is 12.0 Å². The molecule has 1 aromatic carbocycles. The summed E-state index contributed by atoms with van der Waals surface area (Å²) in [5.41, 5.74) is 1.48. The Hall–Kier alpha value is -3.26. The van der Waals surface area contributed by atoms with Crippen molar-refractivity contribution in [2.24, 2.45) is 11.8 Å². The predicted molar refractivity (Wildman–Crippen MR) is 136 cm³/mol. The maximum Gasteiger partial charge on any atom is 0.241 e. The topological polar surface area (TPSA) is 86.0 Å². The van der Waals surface area contributed by atoms with Crippen molar-refractivity contribution >= 4 is 11.4 Å². The van der Waals surface area contributed by atoms with Crippen LogP contribution in [0.25, 0.3) is 16.9 Å². The van der Waals surface area contributed by atoms with Crippen molar-refractivity contribution in [3.63, 3.8) is 0 Å². The number of aliphatic hydroxyl groups is 1. The van der Waals surface area contributed by atoms with E-state index in [0.717, 1.165) is 6.42 Å². The number of benzene rings is 1. The van der Waals surface area contributed by atoms with Crippen molar-refractivity contribution in [2.45, 2.75) is 64.8 Å². The Morgan fingerprint density at radius 3 is 2.67 bits per heavy atom. The van der Waals surface area contributed by atoms with E-state index in [4.69, 9.17) is 9.47 Å². The van der Waals surface area contributed by atoms with Gasteiger partial charge >= 0.3 is 0 Å². The highest BCUT2D eigenvalue weighted by Crippen LogP contribution is 2.41. The van der Waals surface area contributed by atoms with Crippen LogP contribution in [0.5, 0.6) is 11.5 Å². The normalized spacial score (nSPS) is 15.5. The molecular weight excluding hydrogens is 461 g/mol. The lowest BCUT2D eigenvalue weighted by Crippen LogP contribution is -2.17. The highest BCUT2D eigenvalue weighted by molar-refractivity contribution is 6.02. The number of nitrogens with zero attached hydrogens (tertiary/aromatic N) is 3. The number of alkyl halides is 1. The zero-order valence-electron chi connectivity index (χ0n) is 21.3. The molecule has 1 fully saturated rings. The van der Waals surface area contributed by atoms with Crippen LogP contribution in [-0.2, 0) is 5.60 Å². The Labute approximate surface area is 211 Å². The number of Topliss-reactive ketones (excluding diaryl/α,β-unsaturated/α-hetero) is 1. The predicted octanol–water partition coefficient (Wildman–Crippen LogP) is 5.89. The van der Waals surface area contributed by atoms with Crippen molar-refractivity contribution < 1.29 is 23.8 Å². The molecule has 4 rings (SSSR count). The molecule has 7 nitrogen and oxygen atoms in total. The van der Waals surface area contributed by atoms with Crippen LogP contribution in [-0.4, -0.2) is 38.7 Å². The number of hydrogen-bond acceptors (Lipinski definition) is 6. The molecule has 2 unspecified atom stereocenters. The number of ketones is 1. The molecule has 2 atom stereocenters. The average Bonchev–Trinajstić information content (AvgIpc) is 3.60. The van der Waals surface area contributed by atoms with Crippen LogP contribution in [0.2, 0.25) is 0 Å². The van der Waals surface area contributed by atoms with Gasteiger partial charge < -0.3 is 14.6 Å². The molecule has 0 spiro atoms. The molecule has 1 aliphatic carbocycles. The second-order valence-electron chi connectivity index (χ2n) is 10.1. The summed E-state index contributed by atoms with van der Waals surface area (Å²) in [6.07, 6.45) is 6.53. The molecule has 3 aromatic rings. The number of fused-ring (bicyclic) bond motifs is 1. The van der Waals surface area contributed by atoms with Gasteiger partial charge in [0.15, 0.2) is 5.78 Å². The van der Waals surface area contributed by atoms with Crippen LogP contribution >= 0.6 is 0 Å². The molecule has 2 aromatic heterocycles. The molecule has 0 radical (unpaired) electrons. The summed E-state index contributed by atoms with van der Waals surface area (Å²) >= 11 is 0. The molecule has 0 saturated heterocycles. The van der Waals surface area contributed by atoms with E-state index in [0.29, 0.717) is 46.6 Å². The average molecular weight is 496 g/mol. The zero-order valence-corrected chi connectivity index (χ0v) is 21.3. The third kappa shape index (κ3) is 5.59. The Morgan fingerprint density at radius 1 is 1.31 bits per heavy atom. The second kappa shape index (κ2) is 10.4. The molecular formula is C28H34FN3O4. The number of imidazole rings is 1. The van der Waals surface area contributed by atoms with Crippen LogP contribution in [0, 0.1) is 11.8 Å². The maximum atomic E-state index is 14.6. The standard InChI is InChI=1S/C28H34FN3O4/c1-6-7-25(29)36-23-13-19(20-15-30-26-14-24(28(3,4)34)31-16-32(20)26)12-22(35-5)27(23)21(33)11-8-17(2)18-9-10-18/h6,12-18,25,34H,1,7-11H2,2-5H3. The first-order valence-electron chi connectivity index (χ1n) is 12.4. The van der Waals surface area contributed by atoms with Crippen molar-refractivity contribution in [1.29, 1.82) is 0 Å². The summed E-state index contributed by atoms with van der Waals surface area (Å²) in [6, 6.07) is 5.08. The summed E-state index contributed by atoms with van der Waals surface area (Å²) in [7, 11) is 1.48. The number of aromatic nitrogens is 3. The summed E-state index contributed by atoms with van der Waals surface area (Å²) in [5, 5.41) is 10.3. The molecule has 0 aliphatic heterocycles. The lowest BCUT2D eigenvalue weighted by atomic mass is 9.95. The van der Waals surface area contributed by atoms with Crippen LogP contribution in [0.1, 0.15) is 68.9 Å². The maximum absolute atomic E-state index is 14.6. The largest absolute Gasteiger partial charge is 0.496 e. The number of ether oxygens (including phenoxy) is 2. The first-order valence-corrected chi connectivity index (χ1v) is 12.4. The molecule has 36 heavy (non-hydrogen) atoms. The van der Waals surface area contributed by atoms with Gasteiger partial charge in [-0.2, -0.15) is 0 Å². The second-order valence-corrected chi connectivity index (χ2v) is 10.1. The van der Waals surface area contributed by atoms with Crippen LogP contribution in [0.3, 0.4) is 0 Å². The summed E-state index contributed by atoms with van der Waals surface area (Å²) < 4.78 is 27.6. The van der Waals surface area contributed by atoms with Crippen molar-refractivity contribution in [3.8, 4) is 22.8 Å². The highest BCUT2D eigenvalue weighted by Gasteiger charge is 2.29. The van der Waals surface area contributed by atoms with Gasteiger partial charge in [-0.1, -0.05) is 13.0 Å². The number of carbonyl (C=O) groups excluding carboxylic acids is 1. The van der Waals surface area contributed by atoms with Gasteiger partial charge in [0.05, 0.1) is 24.7 Å². The van der Waals surface area contributed by atoms with E-state index in [9.17, 15) is 14.3 Å². The van der Waals surface area contributed by atoms with Gasteiger partial charge in [-0.25, -0.2) is 14.4 Å². The molecule has 0 bridgehead atoms. The first-order chi connectivity index (χ1) is 17.1. The zero-order chi connectivity index (χ0) is 26.0. The Balaban J connectivity index is 1.74. The Bertz CT molecular complexity index is 1260. The van der Waals surface area contributed by atoms with Gasteiger partial charge in [-0.3, -0.25) is 9.20 Å². The highest BCUT2D eigenvalue weighted by atomic mass is 19.1. The number of carbonyl (C=O) groups is 1. The van der Waals surface area contributed by atoms with Gasteiger partial charge in [0, 0.05) is 24.5 Å². The lowest BCUT2D eigenvalue weighted by Gasteiger charge is -2.19. The fourth-order valence-electron chi connectivity index (χ4n) is 4.40. The monoisotopic (exact) mass is 495 g/mol. The molecule has 2 heterocycles. The third-order valence-corrected chi connectivity index (χ3v) is 6.75. The van der Waals surface area contributed by atoms with Gasteiger partial charge in [-0.15, -0.1) is 6.58 Å². The van der Waals surface area contributed by atoms with E-state index in [1.807, 2.05) is 0 Å². The van der Waals surface area contributed by atoms with E-state index in [1.54, 1.807) is 49.0 Å². The van der Waals surface area contributed by atoms with Gasteiger partial charge in [0.25, 0.3) is 0 Å². The minimum Gasteiger partial charge on any atom is -0.496 e. The van der Waals surface area contributed by atoms with E-state index in [2.05, 4.69) is 23.5 Å². The summed E-state index contributed by atoms with van der Waals surface area (Å²) in [4.78, 5) is 22.1. The van der Waals surface area contributed by atoms with Crippen molar-refractivity contribution in [1.82, 2.24) is 14.4 Å². The summed E-state index contributed by atoms with van der Waals surface area (Å²) in [6.45, 7) is 9.06. The molecule has 1 aliphatic rings. The smallest absolute Gasteiger partial charge is 0.241 e. The van der Waals surface area contributed by atoms with Crippen LogP contribution < -0.4 is 9.47 Å². The molecule has 8 heteroatoms. The fraction of sp³-hybridized carbons (Fsp3) is 0.464. The van der Waals surface area contributed by atoms with Gasteiger partial charge in [0.2, 0.25) is 6.36 Å². The minimum atomic E-state index is -1.66. The number of hydrogen-bond donors (Lipinski definition) is 1. The van der Waals surface area contributed by atoms with Crippen LogP contribution in [0.4, 0.5) is 4.39 Å². The van der Waals surface area contributed by atoms with E-state index in [-0.39, 0.29) is 23.5 Å². The Morgan fingerprint density at radius 2 is 2.03 bits per heavy atom. The van der Waals surface area contributed by atoms with Gasteiger partial charge in [-0.05, 0) is 57.1 Å². The first kappa shape index (κ1) is 25.8. The van der Waals surface area contributed by atoms with Crippen molar-refractivity contribution in [3.05, 3.63) is 54.6 Å². The van der Waals surface area contributed by atoms with Crippen LogP contribution in [0.15, 0.2) is 43.4 Å². The molecule has 1 saturated carbocycles. The Kier molecular flexibility index (Phi) is 7.45. The lowest BCUT2D eigenvalue weighted by molar-refractivity contribution is 0.0682. The number of halogens is 1. The minimum absolute atomic E-state index is 0.0157. The van der Waals surface area contributed by atoms with E-state index >= 15 is 0 Å². The quantitative estimate of drug-likeness (QED) is 0.249. The summed E-state index contributed by atoms with van der Waals surface area (Å²) in [5.74, 6) is 1.47. The molecule has 192 valence electrons. The third-order valence-electron chi connectivity index (χ3n) is 6.75. The number of rotatable bonds is 12.